The average molecular weight is 249 g/mol. The van der Waals surface area contributed by atoms with E-state index in [0.717, 1.165) is 27.4 Å². The first kappa shape index (κ1) is 12.0. The fraction of sp³-hybridized carbons (Fsp3) is 0.333. The second kappa shape index (κ2) is 4.81. The predicted molar refractivity (Wildman–Crippen MR) is 68.4 cm³/mol. The topological polar surface area (TPSA) is 61.0 Å². The summed E-state index contributed by atoms with van der Waals surface area (Å²) in [5, 5.41) is 3.99. The van der Waals surface area contributed by atoms with Crippen molar-refractivity contribution in [3.8, 4) is 5.75 Å². The summed E-state index contributed by atoms with van der Waals surface area (Å²) in [6.07, 6.45) is 0. The van der Waals surface area contributed by atoms with Gasteiger partial charge in [-0.1, -0.05) is 10.6 Å². The van der Waals surface area contributed by atoms with Crippen LogP contribution in [0.3, 0.4) is 0 Å². The first-order chi connectivity index (χ1) is 8.13. The highest BCUT2D eigenvalue weighted by Gasteiger charge is 2.17. The van der Waals surface area contributed by atoms with Crippen LogP contribution in [0.1, 0.15) is 27.7 Å². The Bertz CT molecular complexity index is 524. The van der Waals surface area contributed by atoms with E-state index < -0.39 is 0 Å². The highest BCUT2D eigenvalue weighted by molar-refractivity contribution is 7.05. The summed E-state index contributed by atoms with van der Waals surface area (Å²) in [6, 6.07) is 5.74. The second-order valence-corrected chi connectivity index (χ2v) is 4.71. The van der Waals surface area contributed by atoms with Gasteiger partial charge in [0.2, 0.25) is 0 Å². The van der Waals surface area contributed by atoms with Crippen molar-refractivity contribution in [2.75, 3.05) is 7.11 Å². The zero-order chi connectivity index (χ0) is 12.4. The number of nitrogens with zero attached hydrogens (tertiary/aromatic N) is 2. The van der Waals surface area contributed by atoms with E-state index in [1.807, 2.05) is 32.0 Å². The van der Waals surface area contributed by atoms with E-state index in [1.165, 1.54) is 11.5 Å². The lowest BCUT2D eigenvalue weighted by atomic mass is 10.00. The van der Waals surface area contributed by atoms with Gasteiger partial charge in [0.1, 0.15) is 5.75 Å². The minimum atomic E-state index is -0.166. The molecule has 1 aromatic carbocycles. The Morgan fingerprint density at radius 2 is 2.12 bits per heavy atom. The zero-order valence-corrected chi connectivity index (χ0v) is 10.9. The van der Waals surface area contributed by atoms with E-state index in [1.54, 1.807) is 7.11 Å². The Morgan fingerprint density at radius 1 is 1.35 bits per heavy atom. The Morgan fingerprint density at radius 3 is 2.65 bits per heavy atom. The number of nitrogens with two attached hydrogens (primary N) is 1. The third-order valence-electron chi connectivity index (χ3n) is 2.78. The van der Waals surface area contributed by atoms with Gasteiger partial charge in [0.05, 0.1) is 23.7 Å². The van der Waals surface area contributed by atoms with Crippen LogP contribution in [0.4, 0.5) is 0 Å². The summed E-state index contributed by atoms with van der Waals surface area (Å²) >= 11 is 1.35. The van der Waals surface area contributed by atoms with Gasteiger partial charge in [-0.15, -0.1) is 5.10 Å². The number of rotatable bonds is 3. The van der Waals surface area contributed by atoms with Crippen LogP contribution in [-0.4, -0.2) is 16.7 Å². The molecule has 90 valence electrons. The zero-order valence-electron chi connectivity index (χ0n) is 10.1. The maximum absolute atomic E-state index is 6.24. The molecule has 2 N–H and O–H groups in total. The smallest absolute Gasteiger partial charge is 0.119 e. The third-order valence-corrected chi connectivity index (χ3v) is 3.69. The molecule has 0 radical (unpaired) electrons. The molecule has 4 nitrogen and oxygen atoms in total. The van der Waals surface area contributed by atoms with Gasteiger partial charge in [-0.25, -0.2) is 0 Å². The lowest BCUT2D eigenvalue weighted by Crippen LogP contribution is -2.13. The molecule has 0 aliphatic carbocycles. The van der Waals surface area contributed by atoms with Crippen molar-refractivity contribution in [1.29, 1.82) is 0 Å². The Kier molecular flexibility index (Phi) is 3.40. The molecule has 0 amide bonds. The molecular weight excluding hydrogens is 234 g/mol. The van der Waals surface area contributed by atoms with Gasteiger partial charge in [0.15, 0.2) is 0 Å². The molecule has 17 heavy (non-hydrogen) atoms. The van der Waals surface area contributed by atoms with Crippen LogP contribution < -0.4 is 10.5 Å². The summed E-state index contributed by atoms with van der Waals surface area (Å²) in [5.74, 6) is 0.845. The standard InChI is InChI=1S/C12H15N3OS/c1-7-6-9(16-3)4-5-10(7)11(13)12-8(2)14-15-17-12/h4-6,11H,13H2,1-3H3. The SMILES string of the molecule is COc1ccc(C(N)c2snnc2C)c(C)c1. The van der Waals surface area contributed by atoms with Crippen molar-refractivity contribution in [3.63, 3.8) is 0 Å². The summed E-state index contributed by atoms with van der Waals surface area (Å²) in [7, 11) is 1.66. The molecule has 1 heterocycles. The quantitative estimate of drug-likeness (QED) is 0.906. The Hall–Kier alpha value is -1.46. The van der Waals surface area contributed by atoms with E-state index in [2.05, 4.69) is 9.59 Å². The number of hydrogen-bond donors (Lipinski definition) is 1. The maximum Gasteiger partial charge on any atom is 0.119 e. The molecule has 1 atom stereocenters. The van der Waals surface area contributed by atoms with Crippen molar-refractivity contribution >= 4 is 11.5 Å². The molecule has 0 spiro atoms. The summed E-state index contributed by atoms with van der Waals surface area (Å²) in [6.45, 7) is 3.96. The minimum Gasteiger partial charge on any atom is -0.497 e. The van der Waals surface area contributed by atoms with Crippen molar-refractivity contribution < 1.29 is 4.74 Å². The van der Waals surface area contributed by atoms with Crippen LogP contribution in [0.15, 0.2) is 18.2 Å². The van der Waals surface area contributed by atoms with Crippen LogP contribution in [0.25, 0.3) is 0 Å². The first-order valence-corrected chi connectivity index (χ1v) is 6.09. The first-order valence-electron chi connectivity index (χ1n) is 5.32. The predicted octanol–water partition coefficient (Wildman–Crippen LogP) is 2.21. The molecular formula is C12H15N3OS. The molecule has 0 aliphatic rings. The Balaban J connectivity index is 2.38. The molecule has 0 saturated carbocycles. The van der Waals surface area contributed by atoms with Gasteiger partial charge in [0.25, 0.3) is 0 Å². The van der Waals surface area contributed by atoms with Gasteiger partial charge in [-0.05, 0) is 48.6 Å². The number of hydrogen-bond acceptors (Lipinski definition) is 5. The van der Waals surface area contributed by atoms with Crippen LogP contribution >= 0.6 is 11.5 Å². The highest BCUT2D eigenvalue weighted by atomic mass is 32.1. The van der Waals surface area contributed by atoms with E-state index in [4.69, 9.17) is 10.5 Å². The Labute approximate surface area is 105 Å². The largest absolute Gasteiger partial charge is 0.497 e. The van der Waals surface area contributed by atoms with Crippen LogP contribution in [-0.2, 0) is 0 Å². The molecule has 1 aromatic heterocycles. The van der Waals surface area contributed by atoms with E-state index in [0.29, 0.717) is 0 Å². The maximum atomic E-state index is 6.24. The number of ether oxygens (including phenoxy) is 1. The van der Waals surface area contributed by atoms with Gasteiger partial charge < -0.3 is 10.5 Å². The number of aromatic nitrogens is 2. The second-order valence-electron chi connectivity index (χ2n) is 3.92. The van der Waals surface area contributed by atoms with Crippen LogP contribution in [0.5, 0.6) is 5.75 Å². The van der Waals surface area contributed by atoms with Crippen LogP contribution in [0, 0.1) is 13.8 Å². The van der Waals surface area contributed by atoms with E-state index >= 15 is 0 Å². The van der Waals surface area contributed by atoms with E-state index in [9.17, 15) is 0 Å². The molecule has 2 rings (SSSR count). The average Bonchev–Trinajstić information content (AvgIpc) is 2.74. The van der Waals surface area contributed by atoms with Crippen molar-refractivity contribution in [2.24, 2.45) is 5.73 Å². The molecule has 2 aromatic rings. The summed E-state index contributed by atoms with van der Waals surface area (Å²) in [5.41, 5.74) is 9.34. The fourth-order valence-electron chi connectivity index (χ4n) is 1.79. The molecule has 5 heteroatoms. The molecule has 1 unspecified atom stereocenters. The lowest BCUT2D eigenvalue weighted by molar-refractivity contribution is 0.414. The third kappa shape index (κ3) is 2.30. The van der Waals surface area contributed by atoms with Crippen molar-refractivity contribution in [3.05, 3.63) is 39.9 Å². The number of benzene rings is 1. The summed E-state index contributed by atoms with van der Waals surface area (Å²) in [4.78, 5) is 1.01. The van der Waals surface area contributed by atoms with Gasteiger partial charge >= 0.3 is 0 Å². The van der Waals surface area contributed by atoms with Crippen molar-refractivity contribution in [2.45, 2.75) is 19.9 Å². The summed E-state index contributed by atoms with van der Waals surface area (Å²) < 4.78 is 9.10. The number of methoxy groups -OCH3 is 1. The van der Waals surface area contributed by atoms with Gasteiger partial charge in [-0.2, -0.15) is 0 Å². The molecule has 0 saturated heterocycles. The fourth-order valence-corrected chi connectivity index (χ4v) is 2.45. The van der Waals surface area contributed by atoms with Gasteiger partial charge in [-0.3, -0.25) is 0 Å². The minimum absolute atomic E-state index is 0.166. The van der Waals surface area contributed by atoms with Crippen molar-refractivity contribution in [1.82, 2.24) is 9.59 Å². The number of aryl methyl sites for hydroxylation is 2. The van der Waals surface area contributed by atoms with E-state index in [-0.39, 0.29) is 6.04 Å². The molecule has 0 fully saturated rings. The lowest BCUT2D eigenvalue weighted by Gasteiger charge is -2.14. The normalized spacial score (nSPS) is 12.5. The van der Waals surface area contributed by atoms with Crippen LogP contribution in [0.2, 0.25) is 0 Å². The highest BCUT2D eigenvalue weighted by Crippen LogP contribution is 2.28. The molecule has 0 bridgehead atoms. The monoisotopic (exact) mass is 249 g/mol. The molecule has 0 aliphatic heterocycles. The van der Waals surface area contributed by atoms with Gasteiger partial charge in [0, 0.05) is 0 Å².